The third-order valence-corrected chi connectivity index (χ3v) is 1.37. The van der Waals surface area contributed by atoms with Crippen molar-refractivity contribution in [1.29, 1.82) is 0 Å². The molecule has 0 bridgehead atoms. The summed E-state index contributed by atoms with van der Waals surface area (Å²) in [5, 5.41) is 4.17. The lowest BCUT2D eigenvalue weighted by Crippen LogP contribution is -2.29. The Morgan fingerprint density at radius 1 is 1.60 bits per heavy atom. The molecule has 1 aromatic rings. The highest BCUT2D eigenvalue weighted by Gasteiger charge is 2.15. The molecule has 3 nitrogen and oxygen atoms in total. The minimum Gasteiger partial charge on any atom is -0.321 e. The first-order valence-electron chi connectivity index (χ1n) is 3.29. The molecule has 0 aromatic carbocycles. The van der Waals surface area contributed by atoms with Crippen molar-refractivity contribution >= 4 is 0 Å². The van der Waals surface area contributed by atoms with E-state index in [9.17, 15) is 0 Å². The first-order valence-corrected chi connectivity index (χ1v) is 3.29. The third kappa shape index (κ3) is 1.36. The van der Waals surface area contributed by atoms with E-state index in [0.29, 0.717) is 0 Å². The zero-order valence-corrected chi connectivity index (χ0v) is 6.63. The van der Waals surface area contributed by atoms with Crippen molar-refractivity contribution in [1.82, 2.24) is 9.78 Å². The predicted molar refractivity (Wildman–Crippen MR) is 40.4 cm³/mol. The SMILES string of the molecule is Cn1ccc(C(C)(C)N)n1. The molecule has 0 unspecified atom stereocenters. The monoisotopic (exact) mass is 139 g/mol. The molecule has 0 spiro atoms. The number of aryl methyl sites for hydroxylation is 1. The van der Waals surface area contributed by atoms with E-state index >= 15 is 0 Å². The van der Waals surface area contributed by atoms with Gasteiger partial charge < -0.3 is 5.73 Å². The van der Waals surface area contributed by atoms with Crippen LogP contribution in [0.25, 0.3) is 0 Å². The highest BCUT2D eigenvalue weighted by Crippen LogP contribution is 2.12. The Hall–Kier alpha value is -0.830. The standard InChI is InChI=1S/C7H13N3/c1-7(2,8)6-4-5-10(3)9-6/h4-5H,8H2,1-3H3. The molecule has 2 N–H and O–H groups in total. The molecule has 0 aliphatic rings. The highest BCUT2D eigenvalue weighted by atomic mass is 15.3. The van der Waals surface area contributed by atoms with Crippen molar-refractivity contribution in [3.05, 3.63) is 18.0 Å². The molecule has 56 valence electrons. The Morgan fingerprint density at radius 3 is 2.40 bits per heavy atom. The fourth-order valence-electron chi connectivity index (χ4n) is 0.759. The van der Waals surface area contributed by atoms with Gasteiger partial charge in [0.1, 0.15) is 0 Å². The molecule has 0 aliphatic heterocycles. The number of hydrogen-bond donors (Lipinski definition) is 1. The van der Waals surface area contributed by atoms with Gasteiger partial charge in [0.2, 0.25) is 0 Å². The lowest BCUT2D eigenvalue weighted by Gasteiger charge is -2.14. The first kappa shape index (κ1) is 7.28. The Morgan fingerprint density at radius 2 is 2.20 bits per heavy atom. The summed E-state index contributed by atoms with van der Waals surface area (Å²) in [6, 6.07) is 1.93. The molecule has 1 aromatic heterocycles. The van der Waals surface area contributed by atoms with E-state index in [-0.39, 0.29) is 5.54 Å². The van der Waals surface area contributed by atoms with Crippen LogP contribution in [-0.2, 0) is 12.6 Å². The second-order valence-electron chi connectivity index (χ2n) is 3.10. The smallest absolute Gasteiger partial charge is 0.0817 e. The second-order valence-corrected chi connectivity index (χ2v) is 3.10. The van der Waals surface area contributed by atoms with Gasteiger partial charge >= 0.3 is 0 Å². The van der Waals surface area contributed by atoms with Crippen LogP contribution in [-0.4, -0.2) is 9.78 Å². The van der Waals surface area contributed by atoms with Crippen molar-refractivity contribution in [3.63, 3.8) is 0 Å². The van der Waals surface area contributed by atoms with Gasteiger partial charge in [-0.15, -0.1) is 0 Å². The fourth-order valence-corrected chi connectivity index (χ4v) is 0.759. The maximum atomic E-state index is 5.79. The minimum atomic E-state index is -0.318. The summed E-state index contributed by atoms with van der Waals surface area (Å²) in [4.78, 5) is 0. The van der Waals surface area contributed by atoms with Crippen molar-refractivity contribution in [2.45, 2.75) is 19.4 Å². The van der Waals surface area contributed by atoms with Crippen LogP contribution in [0.15, 0.2) is 12.3 Å². The van der Waals surface area contributed by atoms with Crippen molar-refractivity contribution in [2.24, 2.45) is 12.8 Å². The summed E-state index contributed by atoms with van der Waals surface area (Å²) in [6.45, 7) is 3.88. The van der Waals surface area contributed by atoms with Gasteiger partial charge in [-0.1, -0.05) is 0 Å². The van der Waals surface area contributed by atoms with Gasteiger partial charge in [-0.05, 0) is 19.9 Å². The molecule has 0 saturated carbocycles. The molecular formula is C7H13N3. The number of hydrogen-bond acceptors (Lipinski definition) is 2. The topological polar surface area (TPSA) is 43.8 Å². The summed E-state index contributed by atoms with van der Waals surface area (Å²) in [5.74, 6) is 0. The van der Waals surface area contributed by atoms with E-state index in [1.54, 1.807) is 4.68 Å². The van der Waals surface area contributed by atoms with Gasteiger partial charge in [-0.3, -0.25) is 4.68 Å². The maximum Gasteiger partial charge on any atom is 0.0817 e. The molecule has 1 rings (SSSR count). The van der Waals surface area contributed by atoms with Gasteiger partial charge in [0, 0.05) is 13.2 Å². The van der Waals surface area contributed by atoms with Crippen LogP contribution in [0.2, 0.25) is 0 Å². The number of aromatic nitrogens is 2. The number of nitrogens with two attached hydrogens (primary N) is 1. The molecular weight excluding hydrogens is 126 g/mol. The van der Waals surface area contributed by atoms with E-state index < -0.39 is 0 Å². The van der Waals surface area contributed by atoms with Crippen LogP contribution in [0.3, 0.4) is 0 Å². The highest BCUT2D eigenvalue weighted by molar-refractivity contribution is 5.09. The van der Waals surface area contributed by atoms with Gasteiger partial charge in [0.15, 0.2) is 0 Å². The van der Waals surface area contributed by atoms with E-state index in [4.69, 9.17) is 5.73 Å². The van der Waals surface area contributed by atoms with Gasteiger partial charge in [0.05, 0.1) is 11.2 Å². The van der Waals surface area contributed by atoms with E-state index in [1.165, 1.54) is 0 Å². The van der Waals surface area contributed by atoms with Crippen molar-refractivity contribution in [2.75, 3.05) is 0 Å². The molecule has 0 fully saturated rings. The van der Waals surface area contributed by atoms with E-state index in [2.05, 4.69) is 5.10 Å². The zero-order valence-electron chi connectivity index (χ0n) is 6.63. The van der Waals surface area contributed by atoms with Crippen LogP contribution in [0.5, 0.6) is 0 Å². The molecule has 10 heavy (non-hydrogen) atoms. The van der Waals surface area contributed by atoms with Crippen LogP contribution < -0.4 is 5.73 Å². The summed E-state index contributed by atoms with van der Waals surface area (Å²) < 4.78 is 1.75. The second kappa shape index (κ2) is 2.09. The lowest BCUT2D eigenvalue weighted by atomic mass is 10.0. The largest absolute Gasteiger partial charge is 0.321 e. The van der Waals surface area contributed by atoms with Crippen LogP contribution in [0.1, 0.15) is 19.5 Å². The average Bonchev–Trinajstić information content (AvgIpc) is 2.11. The summed E-state index contributed by atoms with van der Waals surface area (Å²) >= 11 is 0. The zero-order chi connectivity index (χ0) is 7.78. The normalized spacial score (nSPS) is 12.0. The molecule has 0 amide bonds. The Labute approximate surface area is 60.8 Å². The molecule has 3 heteroatoms. The summed E-state index contributed by atoms with van der Waals surface area (Å²) in [5.41, 5.74) is 6.40. The molecule has 0 aliphatic carbocycles. The van der Waals surface area contributed by atoms with E-state index in [0.717, 1.165) is 5.69 Å². The van der Waals surface area contributed by atoms with Gasteiger partial charge in [-0.25, -0.2) is 0 Å². The van der Waals surface area contributed by atoms with Gasteiger partial charge in [0.25, 0.3) is 0 Å². The Kier molecular flexibility index (Phi) is 1.52. The molecule has 0 atom stereocenters. The predicted octanol–water partition coefficient (Wildman–Crippen LogP) is 0.614. The molecule has 1 heterocycles. The van der Waals surface area contributed by atoms with Crippen LogP contribution in [0.4, 0.5) is 0 Å². The number of rotatable bonds is 1. The molecule has 0 saturated heterocycles. The van der Waals surface area contributed by atoms with Crippen molar-refractivity contribution < 1.29 is 0 Å². The van der Waals surface area contributed by atoms with Gasteiger partial charge in [-0.2, -0.15) is 5.10 Å². The number of nitrogens with zero attached hydrogens (tertiary/aromatic N) is 2. The Balaban J connectivity index is 2.96. The summed E-state index contributed by atoms with van der Waals surface area (Å²) in [7, 11) is 1.88. The lowest BCUT2D eigenvalue weighted by molar-refractivity contribution is 0.523. The average molecular weight is 139 g/mol. The summed E-state index contributed by atoms with van der Waals surface area (Å²) in [6.07, 6.45) is 1.89. The third-order valence-electron chi connectivity index (χ3n) is 1.37. The van der Waals surface area contributed by atoms with Crippen LogP contribution >= 0.6 is 0 Å². The molecule has 0 radical (unpaired) electrons. The van der Waals surface area contributed by atoms with Crippen LogP contribution in [0, 0.1) is 0 Å². The quantitative estimate of drug-likeness (QED) is 0.619. The Bertz CT molecular complexity index is 219. The first-order chi connectivity index (χ1) is 4.50. The van der Waals surface area contributed by atoms with E-state index in [1.807, 2.05) is 33.2 Å². The fraction of sp³-hybridized carbons (Fsp3) is 0.571. The maximum absolute atomic E-state index is 5.79. The minimum absolute atomic E-state index is 0.318. The van der Waals surface area contributed by atoms with Crippen molar-refractivity contribution in [3.8, 4) is 0 Å².